The van der Waals surface area contributed by atoms with Gasteiger partial charge >= 0.3 is 0 Å². The van der Waals surface area contributed by atoms with Crippen LogP contribution in [0.5, 0.6) is 11.5 Å². The maximum absolute atomic E-state index is 12.0. The zero-order valence-corrected chi connectivity index (χ0v) is 18.8. The van der Waals surface area contributed by atoms with Crippen molar-refractivity contribution in [2.24, 2.45) is 0 Å². The van der Waals surface area contributed by atoms with Gasteiger partial charge in [0.15, 0.2) is 5.78 Å². The van der Waals surface area contributed by atoms with Crippen molar-refractivity contribution in [1.82, 2.24) is 0 Å². The molecule has 2 rings (SSSR count). The summed E-state index contributed by atoms with van der Waals surface area (Å²) in [5.74, 6) is 0.177. The molecule has 0 spiro atoms. The molecule has 0 aromatic heterocycles. The molecule has 0 saturated heterocycles. The molecule has 0 aliphatic heterocycles. The van der Waals surface area contributed by atoms with Crippen LogP contribution in [-0.4, -0.2) is 29.2 Å². The average Bonchev–Trinajstić information content (AvgIpc) is 2.70. The summed E-state index contributed by atoms with van der Waals surface area (Å²) in [6.45, 7) is 4.24. The summed E-state index contributed by atoms with van der Waals surface area (Å²) in [6, 6.07) is 8.58. The Bertz CT molecular complexity index is 897. The van der Waals surface area contributed by atoms with Crippen LogP contribution in [0, 0.1) is 0 Å². The number of hydrogen-bond donors (Lipinski definition) is 1. The molecule has 162 valence electrons. The highest BCUT2D eigenvalue weighted by Gasteiger charge is 2.17. The summed E-state index contributed by atoms with van der Waals surface area (Å²) in [5, 5.41) is 21.7. The molecule has 0 bridgehead atoms. The van der Waals surface area contributed by atoms with Crippen LogP contribution in [0.4, 0.5) is 0 Å². The smallest absolute Gasteiger partial charge is 0.166 e. The van der Waals surface area contributed by atoms with E-state index >= 15 is 0 Å². The van der Waals surface area contributed by atoms with E-state index in [4.69, 9.17) is 16.3 Å². The van der Waals surface area contributed by atoms with Crippen LogP contribution in [0.2, 0.25) is 5.02 Å². The van der Waals surface area contributed by atoms with Crippen LogP contribution in [0.15, 0.2) is 35.2 Å². The van der Waals surface area contributed by atoms with Crippen molar-refractivity contribution in [2.45, 2.75) is 50.8 Å². The van der Waals surface area contributed by atoms with Gasteiger partial charge in [-0.3, -0.25) is 4.79 Å². The van der Waals surface area contributed by atoms with Gasteiger partial charge in [0.1, 0.15) is 11.5 Å². The molecule has 0 aliphatic carbocycles. The number of hydrogen-bond acceptors (Lipinski definition) is 6. The number of rotatable bonds is 12. The second kappa shape index (κ2) is 11.9. The topological polar surface area (TPSA) is 86.7 Å². The zero-order valence-electron chi connectivity index (χ0n) is 17.2. The van der Waals surface area contributed by atoms with E-state index in [0.717, 1.165) is 23.5 Å². The largest absolute Gasteiger partial charge is 0.550 e. The van der Waals surface area contributed by atoms with Crippen LogP contribution in [0.1, 0.15) is 54.6 Å². The molecule has 2 aromatic rings. The Morgan fingerprint density at radius 1 is 1.20 bits per heavy atom. The van der Waals surface area contributed by atoms with E-state index in [1.165, 1.54) is 0 Å². The average molecular weight is 450 g/mol. The van der Waals surface area contributed by atoms with Gasteiger partial charge in [-0.25, -0.2) is 0 Å². The summed E-state index contributed by atoms with van der Waals surface area (Å²) >= 11 is 7.79. The minimum atomic E-state index is -1.14. The number of phenolic OH excluding ortho intramolecular Hbond substituents is 1. The number of Topliss-reactive ketones (excluding diaryl/α,β-unsaturated/α-hetero) is 1. The van der Waals surface area contributed by atoms with Crippen LogP contribution in [0.25, 0.3) is 0 Å². The first kappa shape index (κ1) is 24.1. The molecule has 2 aromatic carbocycles. The van der Waals surface area contributed by atoms with Gasteiger partial charge in [-0.1, -0.05) is 37.9 Å². The molecule has 1 N–H and O–H groups in total. The van der Waals surface area contributed by atoms with Gasteiger partial charge in [0, 0.05) is 35.0 Å². The minimum absolute atomic E-state index is 0.0269. The lowest BCUT2D eigenvalue weighted by molar-refractivity contribution is -0.304. The number of aromatic hydroxyl groups is 1. The number of ether oxygens (including phenoxy) is 1. The number of halogens is 1. The molecule has 7 heteroatoms. The van der Waals surface area contributed by atoms with Gasteiger partial charge in [0.25, 0.3) is 0 Å². The van der Waals surface area contributed by atoms with Crippen molar-refractivity contribution >= 4 is 35.1 Å². The maximum Gasteiger partial charge on any atom is 0.166 e. The fraction of sp³-hybridized carbons (Fsp3) is 0.391. The lowest BCUT2D eigenvalue weighted by Crippen LogP contribution is -2.24. The first-order valence-corrected chi connectivity index (χ1v) is 11.4. The third-order valence-electron chi connectivity index (χ3n) is 4.51. The fourth-order valence-corrected chi connectivity index (χ4v) is 4.23. The molecule has 0 fully saturated rings. The normalized spacial score (nSPS) is 10.8. The second-order valence-electron chi connectivity index (χ2n) is 6.83. The number of phenols is 1. The number of carbonyl (C=O) groups excluding carboxylic acids is 2. The zero-order chi connectivity index (χ0) is 22.1. The molecular formula is C23H26ClO5S-. The molecule has 30 heavy (non-hydrogen) atoms. The maximum atomic E-state index is 12.0. The predicted molar refractivity (Wildman–Crippen MR) is 118 cm³/mol. The van der Waals surface area contributed by atoms with Gasteiger partial charge in [0.2, 0.25) is 0 Å². The number of carboxylic acid groups (broad SMARTS) is 1. The Labute approximate surface area is 186 Å². The molecule has 0 saturated carbocycles. The van der Waals surface area contributed by atoms with Crippen molar-refractivity contribution in [3.8, 4) is 11.5 Å². The molecular weight excluding hydrogens is 424 g/mol. The van der Waals surface area contributed by atoms with E-state index in [9.17, 15) is 19.8 Å². The number of aliphatic carboxylic acids is 1. The Hall–Kier alpha value is -2.18. The Morgan fingerprint density at radius 2 is 1.97 bits per heavy atom. The summed E-state index contributed by atoms with van der Waals surface area (Å²) in [4.78, 5) is 23.5. The number of carbonyl (C=O) groups is 2. The monoisotopic (exact) mass is 449 g/mol. The van der Waals surface area contributed by atoms with E-state index in [-0.39, 0.29) is 18.0 Å². The number of ketones is 1. The van der Waals surface area contributed by atoms with E-state index in [2.05, 4.69) is 0 Å². The van der Waals surface area contributed by atoms with Crippen LogP contribution in [0.3, 0.4) is 0 Å². The van der Waals surface area contributed by atoms with Crippen molar-refractivity contribution in [3.63, 3.8) is 0 Å². The summed E-state index contributed by atoms with van der Waals surface area (Å²) in [6.07, 6.45) is 2.40. The second-order valence-corrected chi connectivity index (χ2v) is 8.37. The van der Waals surface area contributed by atoms with Crippen molar-refractivity contribution in [2.75, 3.05) is 12.4 Å². The quantitative estimate of drug-likeness (QED) is 0.293. The van der Waals surface area contributed by atoms with Gasteiger partial charge in [-0.15, -0.1) is 11.8 Å². The molecule has 0 heterocycles. The van der Waals surface area contributed by atoms with E-state index < -0.39 is 5.97 Å². The molecule has 0 aliphatic rings. The number of benzene rings is 2. The van der Waals surface area contributed by atoms with Gasteiger partial charge in [0.05, 0.1) is 17.2 Å². The Morgan fingerprint density at radius 3 is 2.60 bits per heavy atom. The standard InChI is InChI=1S/C23H27ClO5S/c1-3-6-17-20(9-8-16(23(17)28)19(25)4-2)29-11-5-12-30-21-10-7-15(13-18(21)24)14-22(26)27/h7-10,13,28H,3-6,11-12,14H2,1-2H3,(H,26,27)/p-1. The third kappa shape index (κ3) is 6.67. The van der Waals surface area contributed by atoms with Crippen molar-refractivity contribution < 1.29 is 24.5 Å². The van der Waals surface area contributed by atoms with Crippen molar-refractivity contribution in [1.29, 1.82) is 0 Å². The van der Waals surface area contributed by atoms with Gasteiger partial charge < -0.3 is 19.7 Å². The first-order chi connectivity index (χ1) is 14.4. The van der Waals surface area contributed by atoms with Gasteiger partial charge in [-0.2, -0.15) is 0 Å². The molecule has 5 nitrogen and oxygen atoms in total. The van der Waals surface area contributed by atoms with Crippen LogP contribution < -0.4 is 9.84 Å². The fourth-order valence-electron chi connectivity index (χ4n) is 3.02. The lowest BCUT2D eigenvalue weighted by Gasteiger charge is -2.15. The highest BCUT2D eigenvalue weighted by atomic mass is 35.5. The van der Waals surface area contributed by atoms with Gasteiger partial charge in [-0.05, 0) is 42.7 Å². The molecule has 0 unspecified atom stereocenters. The van der Waals surface area contributed by atoms with Crippen LogP contribution >= 0.6 is 23.4 Å². The van der Waals surface area contributed by atoms with E-state index in [1.807, 2.05) is 13.0 Å². The Kier molecular flexibility index (Phi) is 9.53. The lowest BCUT2D eigenvalue weighted by atomic mass is 10.00. The van der Waals surface area contributed by atoms with E-state index in [0.29, 0.717) is 46.9 Å². The van der Waals surface area contributed by atoms with Crippen molar-refractivity contribution in [3.05, 3.63) is 52.0 Å². The summed E-state index contributed by atoms with van der Waals surface area (Å²) in [7, 11) is 0. The summed E-state index contributed by atoms with van der Waals surface area (Å²) < 4.78 is 5.88. The minimum Gasteiger partial charge on any atom is -0.550 e. The third-order valence-corrected chi connectivity index (χ3v) is 6.09. The molecule has 0 amide bonds. The highest BCUT2D eigenvalue weighted by molar-refractivity contribution is 7.99. The highest BCUT2D eigenvalue weighted by Crippen LogP contribution is 2.34. The predicted octanol–water partition coefficient (Wildman–Crippen LogP) is 4.44. The number of carboxylic acids is 1. The van der Waals surface area contributed by atoms with Crippen LogP contribution in [-0.2, 0) is 17.6 Å². The molecule has 0 radical (unpaired) electrons. The Balaban J connectivity index is 1.92. The number of thioether (sulfide) groups is 1. The molecule has 0 atom stereocenters. The van der Waals surface area contributed by atoms with E-state index in [1.54, 1.807) is 43.0 Å². The SMILES string of the molecule is CCCc1c(OCCCSc2ccc(CC(=O)[O-])cc2Cl)ccc(C(=O)CC)c1O. The first-order valence-electron chi connectivity index (χ1n) is 9.99. The summed E-state index contributed by atoms with van der Waals surface area (Å²) in [5.41, 5.74) is 1.64.